The molecule has 0 bridgehead atoms. The predicted octanol–water partition coefficient (Wildman–Crippen LogP) is 0.162. The lowest BCUT2D eigenvalue weighted by Gasteiger charge is -2.10. The lowest BCUT2D eigenvalue weighted by atomic mass is 10.3. The minimum atomic E-state index is -3.94. The largest absolute Gasteiger partial charge is 0.469 e. The number of thiazole rings is 1. The van der Waals surface area contributed by atoms with Crippen molar-refractivity contribution in [1.29, 1.82) is 0 Å². The molecule has 8 nitrogen and oxygen atoms in total. The van der Waals surface area contributed by atoms with E-state index in [0.29, 0.717) is 5.69 Å². The summed E-state index contributed by atoms with van der Waals surface area (Å²) in [5.74, 6) is -1.35. The van der Waals surface area contributed by atoms with Gasteiger partial charge in [-0.3, -0.25) is 14.3 Å². The van der Waals surface area contributed by atoms with Gasteiger partial charge in [0.2, 0.25) is 10.0 Å². The Balaban J connectivity index is 2.78. The van der Waals surface area contributed by atoms with Gasteiger partial charge in [0.05, 0.1) is 26.3 Å². The maximum absolute atomic E-state index is 11.9. The Morgan fingerprint density at radius 1 is 1.40 bits per heavy atom. The van der Waals surface area contributed by atoms with E-state index >= 15 is 0 Å². The molecule has 0 amide bonds. The third-order valence-electron chi connectivity index (χ3n) is 2.33. The van der Waals surface area contributed by atoms with Crippen molar-refractivity contribution in [1.82, 2.24) is 4.98 Å². The third-order valence-corrected chi connectivity index (χ3v) is 4.87. The lowest BCUT2D eigenvalue weighted by molar-refractivity contribution is -0.140. The summed E-state index contributed by atoms with van der Waals surface area (Å²) >= 11 is 1.00. The van der Waals surface area contributed by atoms with Crippen LogP contribution in [0.1, 0.15) is 12.6 Å². The molecular formula is C10H14N2O6S2. The number of rotatable bonds is 6. The number of carbonyl (C=O) groups is 2. The summed E-state index contributed by atoms with van der Waals surface area (Å²) in [6, 6.07) is 0. The van der Waals surface area contributed by atoms with Crippen LogP contribution in [0, 0.1) is 0 Å². The minimum absolute atomic E-state index is 0.0543. The highest BCUT2D eigenvalue weighted by Crippen LogP contribution is 2.19. The predicted molar refractivity (Wildman–Crippen MR) is 71.9 cm³/mol. The number of aromatic nitrogens is 1. The van der Waals surface area contributed by atoms with Crippen molar-refractivity contribution < 1.29 is 27.5 Å². The molecule has 10 heteroatoms. The number of nitrogens with zero attached hydrogens (tertiary/aromatic N) is 1. The number of hydrogen-bond donors (Lipinski definition) is 1. The minimum Gasteiger partial charge on any atom is -0.469 e. The zero-order valence-corrected chi connectivity index (χ0v) is 12.7. The molecule has 1 aromatic heterocycles. The molecule has 0 aliphatic carbocycles. The molecule has 112 valence electrons. The highest BCUT2D eigenvalue weighted by Gasteiger charge is 2.29. The van der Waals surface area contributed by atoms with Gasteiger partial charge in [-0.2, -0.15) is 0 Å². The number of methoxy groups -OCH3 is 2. The maximum Gasteiger partial charge on any atom is 0.325 e. The molecule has 0 aliphatic heterocycles. The van der Waals surface area contributed by atoms with Crippen LogP contribution in [0.2, 0.25) is 0 Å². The SMILES string of the molecule is COC(=O)Cc1csc(NS(=O)(=O)C(C)C(=O)OC)n1. The Morgan fingerprint density at radius 2 is 2.05 bits per heavy atom. The van der Waals surface area contributed by atoms with Crippen LogP contribution in [0.4, 0.5) is 5.13 Å². The zero-order chi connectivity index (χ0) is 15.3. The number of sulfonamides is 1. The number of nitrogens with one attached hydrogen (secondary N) is 1. The highest BCUT2D eigenvalue weighted by atomic mass is 32.2. The van der Waals surface area contributed by atoms with Crippen LogP contribution in [0.5, 0.6) is 0 Å². The van der Waals surface area contributed by atoms with E-state index < -0.39 is 27.2 Å². The van der Waals surface area contributed by atoms with Gasteiger partial charge >= 0.3 is 11.9 Å². The first-order chi connectivity index (χ1) is 9.30. The summed E-state index contributed by atoms with van der Waals surface area (Å²) in [6.07, 6.45) is -0.0543. The first-order valence-corrected chi connectivity index (χ1v) is 7.83. The second-order valence-electron chi connectivity index (χ2n) is 3.71. The van der Waals surface area contributed by atoms with Crippen molar-refractivity contribution >= 4 is 38.4 Å². The molecule has 0 fully saturated rings. The van der Waals surface area contributed by atoms with Crippen molar-refractivity contribution in [3.05, 3.63) is 11.1 Å². The molecule has 0 aromatic carbocycles. The van der Waals surface area contributed by atoms with Gasteiger partial charge in [0.25, 0.3) is 0 Å². The van der Waals surface area contributed by atoms with Gasteiger partial charge in [-0.05, 0) is 6.92 Å². The molecule has 0 saturated carbocycles. The van der Waals surface area contributed by atoms with E-state index in [1.54, 1.807) is 0 Å². The van der Waals surface area contributed by atoms with Crippen LogP contribution in [0.3, 0.4) is 0 Å². The van der Waals surface area contributed by atoms with E-state index in [-0.39, 0.29) is 11.6 Å². The summed E-state index contributed by atoms with van der Waals surface area (Å²) < 4.78 is 34.7. The van der Waals surface area contributed by atoms with E-state index in [1.807, 2.05) is 0 Å². The van der Waals surface area contributed by atoms with Crippen LogP contribution in [-0.4, -0.2) is 44.8 Å². The van der Waals surface area contributed by atoms with E-state index in [0.717, 1.165) is 18.4 Å². The van der Waals surface area contributed by atoms with Crippen LogP contribution in [0.15, 0.2) is 5.38 Å². The normalized spacial score (nSPS) is 12.6. The highest BCUT2D eigenvalue weighted by molar-refractivity contribution is 7.94. The third kappa shape index (κ3) is 4.17. The molecule has 1 unspecified atom stereocenters. The van der Waals surface area contributed by atoms with E-state index in [4.69, 9.17) is 0 Å². The molecule has 0 saturated heterocycles. The fourth-order valence-electron chi connectivity index (χ4n) is 1.16. The van der Waals surface area contributed by atoms with Gasteiger partial charge in [0.15, 0.2) is 10.4 Å². The standard InChI is InChI=1S/C10H14N2O6S2/c1-6(9(14)18-3)20(15,16)12-10-11-7(5-19-10)4-8(13)17-2/h5-6H,4H2,1-3H3,(H,11,12). The van der Waals surface area contributed by atoms with Crippen LogP contribution < -0.4 is 4.72 Å². The topological polar surface area (TPSA) is 112 Å². The first-order valence-electron chi connectivity index (χ1n) is 5.41. The summed E-state index contributed by atoms with van der Waals surface area (Å²) in [6.45, 7) is 1.21. The average molecular weight is 322 g/mol. The van der Waals surface area contributed by atoms with Crippen molar-refractivity contribution in [3.8, 4) is 0 Å². The average Bonchev–Trinajstić information content (AvgIpc) is 2.82. The number of ether oxygens (including phenoxy) is 2. The molecule has 0 aliphatic rings. The lowest BCUT2D eigenvalue weighted by Crippen LogP contribution is -2.33. The Bertz CT molecular complexity index is 595. The van der Waals surface area contributed by atoms with Crippen LogP contribution >= 0.6 is 11.3 Å². The number of hydrogen-bond acceptors (Lipinski definition) is 8. The first kappa shape index (κ1) is 16.4. The van der Waals surface area contributed by atoms with Gasteiger partial charge in [-0.1, -0.05) is 0 Å². The summed E-state index contributed by atoms with van der Waals surface area (Å²) in [7, 11) is -1.59. The molecular weight excluding hydrogens is 308 g/mol. The van der Waals surface area contributed by atoms with Crippen LogP contribution in [-0.2, 0) is 35.5 Å². The Hall–Kier alpha value is -1.68. The molecule has 1 rings (SSSR count). The fourth-order valence-corrected chi connectivity index (χ4v) is 3.07. The Morgan fingerprint density at radius 3 is 2.60 bits per heavy atom. The fraction of sp³-hybridized carbons (Fsp3) is 0.500. The molecule has 1 atom stereocenters. The number of carbonyl (C=O) groups excluding carboxylic acids is 2. The van der Waals surface area contributed by atoms with E-state index in [2.05, 4.69) is 19.2 Å². The smallest absolute Gasteiger partial charge is 0.325 e. The second kappa shape index (κ2) is 6.66. The van der Waals surface area contributed by atoms with Gasteiger partial charge in [-0.25, -0.2) is 13.4 Å². The molecule has 20 heavy (non-hydrogen) atoms. The van der Waals surface area contributed by atoms with Crippen molar-refractivity contribution in [2.75, 3.05) is 18.9 Å². The monoisotopic (exact) mass is 322 g/mol. The summed E-state index contributed by atoms with van der Waals surface area (Å²) in [5, 5.41) is 0.234. The second-order valence-corrected chi connectivity index (χ2v) is 6.57. The van der Waals surface area contributed by atoms with Gasteiger partial charge < -0.3 is 9.47 Å². The summed E-state index contributed by atoms with van der Waals surface area (Å²) in [5.41, 5.74) is 0.380. The Kier molecular flexibility index (Phi) is 5.45. The van der Waals surface area contributed by atoms with Gasteiger partial charge in [0, 0.05) is 5.38 Å². The maximum atomic E-state index is 11.9. The van der Waals surface area contributed by atoms with Gasteiger partial charge in [0.1, 0.15) is 0 Å². The quantitative estimate of drug-likeness (QED) is 0.742. The van der Waals surface area contributed by atoms with Gasteiger partial charge in [-0.15, -0.1) is 11.3 Å². The number of anilines is 1. The number of esters is 2. The zero-order valence-electron chi connectivity index (χ0n) is 11.1. The van der Waals surface area contributed by atoms with E-state index in [1.165, 1.54) is 19.4 Å². The molecule has 1 heterocycles. The van der Waals surface area contributed by atoms with E-state index in [9.17, 15) is 18.0 Å². The molecule has 1 N–H and O–H groups in total. The molecule has 0 spiro atoms. The van der Waals surface area contributed by atoms with Crippen molar-refractivity contribution in [2.24, 2.45) is 0 Å². The Labute approximate surface area is 120 Å². The van der Waals surface area contributed by atoms with Crippen molar-refractivity contribution in [2.45, 2.75) is 18.6 Å². The molecule has 0 radical (unpaired) electrons. The van der Waals surface area contributed by atoms with Crippen molar-refractivity contribution in [3.63, 3.8) is 0 Å². The van der Waals surface area contributed by atoms with Crippen LogP contribution in [0.25, 0.3) is 0 Å². The summed E-state index contributed by atoms with van der Waals surface area (Å²) in [4.78, 5) is 26.2. The molecule has 1 aromatic rings.